The Bertz CT molecular complexity index is 660. The van der Waals surface area contributed by atoms with E-state index in [-0.39, 0.29) is 5.91 Å². The monoisotopic (exact) mass is 297 g/mol. The van der Waals surface area contributed by atoms with Gasteiger partial charge >= 0.3 is 0 Å². The van der Waals surface area contributed by atoms with Gasteiger partial charge in [-0.05, 0) is 29.3 Å². The van der Waals surface area contributed by atoms with Crippen molar-refractivity contribution in [3.05, 3.63) is 53.7 Å². The molecule has 2 heterocycles. The summed E-state index contributed by atoms with van der Waals surface area (Å²) in [5, 5.41) is 2.93. The molecule has 5 heteroatoms. The van der Waals surface area contributed by atoms with Gasteiger partial charge in [0.05, 0.1) is 0 Å². The molecule has 2 aromatic rings. The number of pyridine rings is 1. The highest BCUT2D eigenvalue weighted by Gasteiger charge is 2.28. The molecule has 0 bridgehead atoms. The number of hydrogen-bond acceptors (Lipinski definition) is 4. The molecule has 0 saturated heterocycles. The topological polar surface area (TPSA) is 54.5 Å². The number of carbonyl (C=O) groups is 1. The Morgan fingerprint density at radius 2 is 2.18 bits per heavy atom. The molecule has 114 valence electrons. The normalized spacial score (nSPS) is 15.8. The van der Waals surface area contributed by atoms with E-state index >= 15 is 0 Å². The molecule has 1 aromatic heterocycles. The van der Waals surface area contributed by atoms with Crippen molar-refractivity contribution in [1.82, 2.24) is 10.3 Å². The number of carbonyl (C=O) groups excluding carboxylic acids is 1. The standard InChI is InChI=1S/C17H19N3O2/c1-20(2)16-9-12(7-8-18-16)11-19-17(21)15-10-13-5-3-4-6-14(13)22-15/h3-9,15H,10-11H2,1-2H3,(H,19,21)/t15-/m1/s1. The number of fused-ring (bicyclic) bond motifs is 1. The van der Waals surface area contributed by atoms with Gasteiger partial charge in [0, 0.05) is 33.3 Å². The zero-order valence-corrected chi connectivity index (χ0v) is 12.7. The molecule has 1 N–H and O–H groups in total. The quantitative estimate of drug-likeness (QED) is 0.934. The molecular formula is C17H19N3O2. The van der Waals surface area contributed by atoms with Crippen molar-refractivity contribution in [3.63, 3.8) is 0 Å². The highest BCUT2D eigenvalue weighted by Crippen LogP contribution is 2.28. The fraction of sp³-hybridized carbons (Fsp3) is 0.294. The SMILES string of the molecule is CN(C)c1cc(CNC(=O)[C@H]2Cc3ccccc3O2)ccn1. The predicted molar refractivity (Wildman–Crippen MR) is 85.0 cm³/mol. The fourth-order valence-electron chi connectivity index (χ4n) is 2.45. The molecule has 0 spiro atoms. The minimum absolute atomic E-state index is 0.0839. The van der Waals surface area contributed by atoms with Gasteiger partial charge in [0.2, 0.25) is 0 Å². The third-order valence-corrected chi connectivity index (χ3v) is 3.67. The summed E-state index contributed by atoms with van der Waals surface area (Å²) in [4.78, 5) is 18.4. The Morgan fingerprint density at radius 1 is 1.36 bits per heavy atom. The van der Waals surface area contributed by atoms with E-state index in [1.54, 1.807) is 6.20 Å². The number of ether oxygens (including phenoxy) is 1. The smallest absolute Gasteiger partial charge is 0.261 e. The molecule has 5 nitrogen and oxygen atoms in total. The van der Waals surface area contributed by atoms with E-state index in [9.17, 15) is 4.79 Å². The van der Waals surface area contributed by atoms with Crippen LogP contribution in [0.4, 0.5) is 5.82 Å². The molecule has 1 amide bonds. The Morgan fingerprint density at radius 3 is 2.95 bits per heavy atom. The molecule has 0 unspecified atom stereocenters. The first-order valence-electron chi connectivity index (χ1n) is 7.28. The fourth-order valence-corrected chi connectivity index (χ4v) is 2.45. The summed E-state index contributed by atoms with van der Waals surface area (Å²) in [6, 6.07) is 11.6. The number of nitrogens with zero attached hydrogens (tertiary/aromatic N) is 2. The molecule has 3 rings (SSSR count). The zero-order valence-electron chi connectivity index (χ0n) is 12.7. The van der Waals surface area contributed by atoms with Crippen LogP contribution in [0.3, 0.4) is 0 Å². The van der Waals surface area contributed by atoms with Crippen LogP contribution in [-0.4, -0.2) is 31.1 Å². The van der Waals surface area contributed by atoms with Crippen molar-refractivity contribution in [2.24, 2.45) is 0 Å². The van der Waals surface area contributed by atoms with Crippen LogP contribution in [-0.2, 0) is 17.8 Å². The lowest BCUT2D eigenvalue weighted by Gasteiger charge is -2.14. The van der Waals surface area contributed by atoms with Gasteiger partial charge in [-0.2, -0.15) is 0 Å². The first-order valence-corrected chi connectivity index (χ1v) is 7.28. The maximum atomic E-state index is 12.2. The molecule has 0 radical (unpaired) electrons. The first-order chi connectivity index (χ1) is 10.6. The lowest BCUT2D eigenvalue weighted by Crippen LogP contribution is -2.37. The number of para-hydroxylation sites is 1. The van der Waals surface area contributed by atoms with Crippen molar-refractivity contribution < 1.29 is 9.53 Å². The largest absolute Gasteiger partial charge is 0.480 e. The maximum Gasteiger partial charge on any atom is 0.261 e. The highest BCUT2D eigenvalue weighted by atomic mass is 16.5. The number of hydrogen-bond donors (Lipinski definition) is 1. The second-order valence-electron chi connectivity index (χ2n) is 5.55. The third kappa shape index (κ3) is 3.03. The number of anilines is 1. The molecule has 1 aliphatic heterocycles. The molecular weight excluding hydrogens is 278 g/mol. The minimum Gasteiger partial charge on any atom is -0.480 e. The van der Waals surface area contributed by atoms with Crippen molar-refractivity contribution in [2.75, 3.05) is 19.0 Å². The zero-order chi connectivity index (χ0) is 15.5. The summed E-state index contributed by atoms with van der Waals surface area (Å²) in [5.74, 6) is 1.59. The summed E-state index contributed by atoms with van der Waals surface area (Å²) in [7, 11) is 3.88. The number of benzene rings is 1. The second kappa shape index (κ2) is 6.05. The van der Waals surface area contributed by atoms with Crippen molar-refractivity contribution in [2.45, 2.75) is 19.1 Å². The number of rotatable bonds is 4. The highest BCUT2D eigenvalue weighted by molar-refractivity contribution is 5.82. The van der Waals surface area contributed by atoms with E-state index in [1.165, 1.54) is 0 Å². The second-order valence-corrected chi connectivity index (χ2v) is 5.55. The van der Waals surface area contributed by atoms with Gasteiger partial charge < -0.3 is 15.0 Å². The van der Waals surface area contributed by atoms with E-state index < -0.39 is 6.10 Å². The van der Waals surface area contributed by atoms with Gasteiger partial charge in [0.25, 0.3) is 5.91 Å². The number of nitrogens with one attached hydrogen (secondary N) is 1. The first kappa shape index (κ1) is 14.4. The summed E-state index contributed by atoms with van der Waals surface area (Å²) in [6.07, 6.45) is 1.94. The van der Waals surface area contributed by atoms with Crippen LogP contribution in [0.2, 0.25) is 0 Å². The van der Waals surface area contributed by atoms with Crippen LogP contribution < -0.4 is 15.0 Å². The maximum absolute atomic E-state index is 12.2. The van der Waals surface area contributed by atoms with E-state index in [0.29, 0.717) is 13.0 Å². The minimum atomic E-state index is -0.437. The number of amides is 1. The molecule has 0 saturated carbocycles. The summed E-state index contributed by atoms with van der Waals surface area (Å²) >= 11 is 0. The van der Waals surface area contributed by atoms with Gasteiger partial charge in [-0.15, -0.1) is 0 Å². The molecule has 1 atom stereocenters. The van der Waals surface area contributed by atoms with Gasteiger partial charge in [-0.1, -0.05) is 18.2 Å². The molecule has 0 aliphatic carbocycles. The van der Waals surface area contributed by atoms with Gasteiger partial charge in [0.15, 0.2) is 6.10 Å². The summed E-state index contributed by atoms with van der Waals surface area (Å²) in [5.41, 5.74) is 2.10. The van der Waals surface area contributed by atoms with Gasteiger partial charge in [-0.3, -0.25) is 4.79 Å². The van der Waals surface area contributed by atoms with Crippen LogP contribution in [0.5, 0.6) is 5.75 Å². The Kier molecular flexibility index (Phi) is 3.96. The molecule has 22 heavy (non-hydrogen) atoms. The van der Waals surface area contributed by atoms with Crippen LogP contribution in [0, 0.1) is 0 Å². The Hall–Kier alpha value is -2.56. The lowest BCUT2D eigenvalue weighted by molar-refractivity contribution is -0.127. The average molecular weight is 297 g/mol. The van der Waals surface area contributed by atoms with E-state index in [2.05, 4.69) is 10.3 Å². The van der Waals surface area contributed by atoms with Crippen LogP contribution in [0.15, 0.2) is 42.6 Å². The molecule has 1 aromatic carbocycles. The summed E-state index contributed by atoms with van der Waals surface area (Å²) < 4.78 is 5.69. The van der Waals surface area contributed by atoms with Crippen molar-refractivity contribution in [1.29, 1.82) is 0 Å². The third-order valence-electron chi connectivity index (χ3n) is 3.67. The van der Waals surface area contributed by atoms with E-state index in [4.69, 9.17) is 4.74 Å². The van der Waals surface area contributed by atoms with Crippen LogP contribution >= 0.6 is 0 Å². The molecule has 0 fully saturated rings. The van der Waals surface area contributed by atoms with Crippen LogP contribution in [0.25, 0.3) is 0 Å². The van der Waals surface area contributed by atoms with Crippen LogP contribution in [0.1, 0.15) is 11.1 Å². The van der Waals surface area contributed by atoms with E-state index in [1.807, 2.05) is 55.4 Å². The number of aromatic nitrogens is 1. The Balaban J connectivity index is 1.59. The van der Waals surface area contributed by atoms with Gasteiger partial charge in [-0.25, -0.2) is 4.98 Å². The molecule has 1 aliphatic rings. The van der Waals surface area contributed by atoms with Crippen molar-refractivity contribution in [3.8, 4) is 5.75 Å². The average Bonchev–Trinajstić information content (AvgIpc) is 2.97. The van der Waals surface area contributed by atoms with Crippen molar-refractivity contribution >= 4 is 11.7 Å². The van der Waals surface area contributed by atoms with Gasteiger partial charge in [0.1, 0.15) is 11.6 Å². The lowest BCUT2D eigenvalue weighted by atomic mass is 10.1. The Labute approximate surface area is 129 Å². The summed E-state index contributed by atoms with van der Waals surface area (Å²) in [6.45, 7) is 0.471. The van der Waals surface area contributed by atoms with E-state index in [0.717, 1.165) is 22.7 Å². The predicted octanol–water partition coefficient (Wildman–Crippen LogP) is 1.77.